The molecular formula is C18H19N3OS. The fourth-order valence-electron chi connectivity index (χ4n) is 3.01. The highest BCUT2D eigenvalue weighted by Crippen LogP contribution is 2.26. The summed E-state index contributed by atoms with van der Waals surface area (Å²) in [5.74, 6) is 1.68. The number of aromatic amines is 1. The highest BCUT2D eigenvalue weighted by molar-refractivity contribution is 7.98. The second kappa shape index (κ2) is 6.24. The zero-order chi connectivity index (χ0) is 15.6. The number of nitrogens with one attached hydrogen (secondary N) is 1. The van der Waals surface area contributed by atoms with Crippen molar-refractivity contribution in [3.8, 4) is 5.75 Å². The Balaban J connectivity index is 1.50. The molecule has 0 bridgehead atoms. The van der Waals surface area contributed by atoms with Crippen LogP contribution in [0.1, 0.15) is 29.8 Å². The van der Waals surface area contributed by atoms with E-state index in [0.717, 1.165) is 39.8 Å². The lowest BCUT2D eigenvalue weighted by Crippen LogP contribution is -2.06. The molecule has 1 N–H and O–H groups in total. The molecule has 2 aromatic heterocycles. The van der Waals surface area contributed by atoms with Crippen LogP contribution in [0.4, 0.5) is 0 Å². The minimum Gasteiger partial charge on any atom is -0.497 e. The van der Waals surface area contributed by atoms with Gasteiger partial charge in [-0.1, -0.05) is 17.8 Å². The Hall–Kier alpha value is -2.01. The van der Waals surface area contributed by atoms with Gasteiger partial charge in [0.1, 0.15) is 5.75 Å². The quantitative estimate of drug-likeness (QED) is 0.733. The molecule has 1 aliphatic carbocycles. The molecule has 118 valence electrons. The van der Waals surface area contributed by atoms with Crippen molar-refractivity contribution in [2.45, 2.75) is 36.6 Å². The number of fused-ring (bicyclic) bond motifs is 2. The van der Waals surface area contributed by atoms with Gasteiger partial charge < -0.3 is 9.72 Å². The van der Waals surface area contributed by atoms with Gasteiger partial charge in [-0.05, 0) is 49.4 Å². The molecule has 0 amide bonds. The first kappa shape index (κ1) is 14.6. The van der Waals surface area contributed by atoms with Crippen LogP contribution >= 0.6 is 11.8 Å². The van der Waals surface area contributed by atoms with Crippen LogP contribution in [0.3, 0.4) is 0 Å². The predicted molar refractivity (Wildman–Crippen MR) is 93.1 cm³/mol. The number of nitrogens with zero attached hydrogens (tertiary/aromatic N) is 2. The fraction of sp³-hybridized carbons (Fsp3) is 0.333. The van der Waals surface area contributed by atoms with Gasteiger partial charge in [-0.3, -0.25) is 4.98 Å². The maximum absolute atomic E-state index is 5.25. The zero-order valence-corrected chi connectivity index (χ0v) is 13.9. The third-order valence-corrected chi connectivity index (χ3v) is 5.17. The number of hydrogen-bond acceptors (Lipinski definition) is 4. The second-order valence-electron chi connectivity index (χ2n) is 5.83. The third kappa shape index (κ3) is 3.06. The summed E-state index contributed by atoms with van der Waals surface area (Å²) < 4.78 is 5.25. The number of thioether (sulfide) groups is 1. The average molecular weight is 325 g/mol. The van der Waals surface area contributed by atoms with Crippen molar-refractivity contribution in [1.82, 2.24) is 15.0 Å². The lowest BCUT2D eigenvalue weighted by Gasteiger charge is -2.15. The summed E-state index contributed by atoms with van der Waals surface area (Å²) in [7, 11) is 1.68. The Bertz CT molecular complexity index is 843. The molecule has 4 rings (SSSR count). The molecule has 1 aromatic carbocycles. The van der Waals surface area contributed by atoms with Gasteiger partial charge in [-0.2, -0.15) is 0 Å². The van der Waals surface area contributed by atoms with Gasteiger partial charge in [0.2, 0.25) is 0 Å². The molecule has 3 aromatic rings. The van der Waals surface area contributed by atoms with Gasteiger partial charge in [-0.15, -0.1) is 0 Å². The van der Waals surface area contributed by atoms with Crippen molar-refractivity contribution in [1.29, 1.82) is 0 Å². The monoisotopic (exact) mass is 325 g/mol. The Morgan fingerprint density at radius 2 is 2.04 bits per heavy atom. The van der Waals surface area contributed by atoms with E-state index in [-0.39, 0.29) is 0 Å². The molecule has 2 heterocycles. The van der Waals surface area contributed by atoms with Crippen LogP contribution in [0.25, 0.3) is 11.0 Å². The Labute approximate surface area is 139 Å². The first-order chi connectivity index (χ1) is 11.3. The zero-order valence-electron chi connectivity index (χ0n) is 13.1. The van der Waals surface area contributed by atoms with E-state index in [1.54, 1.807) is 18.9 Å². The normalized spacial score (nSPS) is 14.0. The van der Waals surface area contributed by atoms with Crippen molar-refractivity contribution < 1.29 is 4.74 Å². The predicted octanol–water partition coefficient (Wildman–Crippen LogP) is 4.14. The van der Waals surface area contributed by atoms with Gasteiger partial charge in [0.15, 0.2) is 5.16 Å². The van der Waals surface area contributed by atoms with Crippen molar-refractivity contribution in [2.24, 2.45) is 0 Å². The van der Waals surface area contributed by atoms with Crippen molar-refractivity contribution in [2.75, 3.05) is 7.11 Å². The number of benzene rings is 1. The molecule has 0 radical (unpaired) electrons. The maximum atomic E-state index is 5.25. The molecule has 5 heteroatoms. The van der Waals surface area contributed by atoms with Crippen LogP contribution in [0.2, 0.25) is 0 Å². The summed E-state index contributed by atoms with van der Waals surface area (Å²) in [4.78, 5) is 12.8. The Kier molecular flexibility index (Phi) is 3.95. The van der Waals surface area contributed by atoms with Crippen LogP contribution in [-0.4, -0.2) is 22.1 Å². The molecule has 23 heavy (non-hydrogen) atoms. The molecule has 1 aliphatic rings. The second-order valence-corrected chi connectivity index (χ2v) is 6.79. The van der Waals surface area contributed by atoms with Crippen molar-refractivity contribution in [3.05, 3.63) is 47.3 Å². The minimum atomic E-state index is 0.838. The number of ether oxygens (including phenoxy) is 1. The molecular weight excluding hydrogens is 306 g/mol. The van der Waals surface area contributed by atoms with Crippen LogP contribution in [0.5, 0.6) is 5.75 Å². The summed E-state index contributed by atoms with van der Waals surface area (Å²) in [6, 6.07) is 10.3. The molecule has 0 saturated carbocycles. The largest absolute Gasteiger partial charge is 0.497 e. The average Bonchev–Trinajstić information content (AvgIpc) is 3.01. The van der Waals surface area contributed by atoms with Crippen LogP contribution in [-0.2, 0) is 18.6 Å². The maximum Gasteiger partial charge on any atom is 0.166 e. The van der Waals surface area contributed by atoms with E-state index < -0.39 is 0 Å². The lowest BCUT2D eigenvalue weighted by molar-refractivity contribution is 0.415. The highest BCUT2D eigenvalue weighted by atomic mass is 32.2. The summed E-state index contributed by atoms with van der Waals surface area (Å²) in [6.45, 7) is 0. The van der Waals surface area contributed by atoms with Crippen LogP contribution in [0.15, 0.2) is 35.5 Å². The molecule has 0 fully saturated rings. The number of H-pyrrole nitrogens is 1. The Morgan fingerprint density at radius 3 is 2.96 bits per heavy atom. The smallest absolute Gasteiger partial charge is 0.166 e. The number of aromatic nitrogens is 3. The summed E-state index contributed by atoms with van der Waals surface area (Å²) >= 11 is 1.69. The number of hydrogen-bond donors (Lipinski definition) is 1. The molecule has 4 nitrogen and oxygen atoms in total. The molecule has 0 spiro atoms. The number of aryl methyl sites for hydroxylation is 2. The minimum absolute atomic E-state index is 0.838. The first-order valence-corrected chi connectivity index (χ1v) is 8.94. The fourth-order valence-corrected chi connectivity index (χ4v) is 3.80. The van der Waals surface area contributed by atoms with Gasteiger partial charge in [0.25, 0.3) is 0 Å². The van der Waals surface area contributed by atoms with Gasteiger partial charge >= 0.3 is 0 Å². The van der Waals surface area contributed by atoms with E-state index in [1.165, 1.54) is 30.5 Å². The molecule has 0 atom stereocenters. The summed E-state index contributed by atoms with van der Waals surface area (Å²) in [5.41, 5.74) is 5.83. The number of imidazole rings is 1. The SMILES string of the molecule is COc1ccc2nc(SCc3ccc4c(n3)CCCC4)[nH]c2c1. The number of pyridine rings is 1. The van der Waals surface area contributed by atoms with E-state index in [2.05, 4.69) is 22.1 Å². The van der Waals surface area contributed by atoms with Gasteiger partial charge in [-0.25, -0.2) is 4.98 Å². The third-order valence-electron chi connectivity index (χ3n) is 4.26. The Morgan fingerprint density at radius 1 is 1.13 bits per heavy atom. The number of methoxy groups -OCH3 is 1. The van der Waals surface area contributed by atoms with Crippen LogP contribution < -0.4 is 4.74 Å². The van der Waals surface area contributed by atoms with Crippen molar-refractivity contribution in [3.63, 3.8) is 0 Å². The van der Waals surface area contributed by atoms with E-state index >= 15 is 0 Å². The topological polar surface area (TPSA) is 50.8 Å². The summed E-state index contributed by atoms with van der Waals surface area (Å²) in [6.07, 6.45) is 4.87. The van der Waals surface area contributed by atoms with Gasteiger partial charge in [0.05, 0.1) is 23.8 Å². The van der Waals surface area contributed by atoms with Gasteiger partial charge in [0, 0.05) is 17.5 Å². The highest BCUT2D eigenvalue weighted by Gasteiger charge is 2.11. The summed E-state index contributed by atoms with van der Waals surface area (Å²) in [5, 5.41) is 0.924. The van der Waals surface area contributed by atoms with E-state index in [9.17, 15) is 0 Å². The number of rotatable bonds is 4. The van der Waals surface area contributed by atoms with E-state index in [4.69, 9.17) is 9.72 Å². The van der Waals surface area contributed by atoms with Crippen molar-refractivity contribution >= 4 is 22.8 Å². The standard InChI is InChI=1S/C18H19N3OS/c1-22-14-8-9-16-17(10-14)21-18(20-16)23-11-13-7-6-12-4-2-3-5-15(12)19-13/h6-10H,2-5,11H2,1H3,(H,20,21). The van der Waals surface area contributed by atoms with E-state index in [1.807, 2.05) is 18.2 Å². The van der Waals surface area contributed by atoms with E-state index in [0.29, 0.717) is 0 Å². The molecule has 0 unspecified atom stereocenters. The molecule has 0 saturated heterocycles. The lowest BCUT2D eigenvalue weighted by atomic mass is 9.96. The molecule has 0 aliphatic heterocycles. The van der Waals surface area contributed by atoms with Crippen LogP contribution in [0, 0.1) is 0 Å². The first-order valence-electron chi connectivity index (χ1n) is 7.96.